The first-order chi connectivity index (χ1) is 25.4. The highest BCUT2D eigenvalue weighted by molar-refractivity contribution is 7.23. The Hall–Kier alpha value is -4.67. The monoisotopic (exact) mass is 762 g/mol. The van der Waals surface area contributed by atoms with Gasteiger partial charge in [-0.1, -0.05) is 23.2 Å². The van der Waals surface area contributed by atoms with Crippen molar-refractivity contribution in [2.75, 3.05) is 63.1 Å². The Labute approximate surface area is 311 Å². The zero-order chi connectivity index (χ0) is 37.4. The molecule has 2 aromatic carbocycles. The van der Waals surface area contributed by atoms with Crippen molar-refractivity contribution < 1.29 is 27.4 Å². The fraction of sp³-hybridized carbons (Fsp3) is 0.432. The van der Waals surface area contributed by atoms with Crippen LogP contribution in [0.25, 0.3) is 32.1 Å². The molecule has 0 radical (unpaired) electrons. The molecular weight excluding hydrogens is 729 g/mol. The average Bonchev–Trinajstić information content (AvgIpc) is 3.76. The second-order valence-electron chi connectivity index (χ2n) is 14.5. The van der Waals surface area contributed by atoms with E-state index in [1.807, 2.05) is 17.0 Å². The summed E-state index contributed by atoms with van der Waals surface area (Å²) in [5, 5.41) is 19.9. The number of anilines is 2. The van der Waals surface area contributed by atoms with Gasteiger partial charge in [-0.15, -0.1) is 11.3 Å². The molecule has 4 aliphatic rings. The quantitative estimate of drug-likeness (QED) is 0.180. The molecule has 2 N–H and O–H groups in total. The molecule has 16 heteroatoms. The van der Waals surface area contributed by atoms with Gasteiger partial charge in [-0.3, -0.25) is 9.69 Å². The molecule has 0 unspecified atom stereocenters. The number of ether oxygens (including phenoxy) is 2. The van der Waals surface area contributed by atoms with Gasteiger partial charge < -0.3 is 25.0 Å². The number of aromatic nitrogens is 2. The molecule has 0 saturated carbocycles. The van der Waals surface area contributed by atoms with E-state index < -0.39 is 28.9 Å². The van der Waals surface area contributed by atoms with Crippen LogP contribution in [-0.4, -0.2) is 95.5 Å². The number of rotatable bonds is 6. The van der Waals surface area contributed by atoms with E-state index in [0.29, 0.717) is 30.9 Å². The van der Waals surface area contributed by atoms with Crippen molar-refractivity contribution in [2.24, 2.45) is 0 Å². The smallest absolute Gasteiger partial charge is 0.319 e. The molecule has 0 aliphatic carbocycles. The Kier molecular flexibility index (Phi) is 8.69. The van der Waals surface area contributed by atoms with Gasteiger partial charge in [0.05, 0.1) is 47.1 Å². The number of thiophene rings is 1. The number of nitrogens with two attached hydrogens (primary N) is 1. The van der Waals surface area contributed by atoms with Gasteiger partial charge in [0.1, 0.15) is 58.2 Å². The van der Waals surface area contributed by atoms with Crippen molar-refractivity contribution >= 4 is 60.7 Å². The van der Waals surface area contributed by atoms with Gasteiger partial charge in [0.15, 0.2) is 5.82 Å². The highest BCUT2D eigenvalue weighted by Crippen LogP contribution is 2.46. The fourth-order valence-electron chi connectivity index (χ4n) is 8.41. The van der Waals surface area contributed by atoms with Crippen LogP contribution in [0.3, 0.4) is 0 Å². The minimum absolute atomic E-state index is 0.0173. The molecule has 0 bridgehead atoms. The van der Waals surface area contributed by atoms with Crippen LogP contribution in [0.4, 0.5) is 24.0 Å². The number of carbonyl (C=O) groups is 1. The molecule has 4 fully saturated rings. The SMILES string of the molecule is CC(C)=C(C#N)C(=O)N1CC2(C1)CN(c1nc(OC[C@@]34CCCN3C[C@H](F)C4)nc3c(F)c(-c4ccc(F)c5sc(N)c(C#N)c45)c(Cl)cc13)CCO2. The standard InChI is InChI=1S/C37H34ClF3N8O3S/c1-19(2)23(12-42)34(50)48-16-37(17-48)15-47(8-9-52-37)33-22-10-25(38)28(21-4-5-26(40)31-27(21)24(13-43)32(44)53-31)29(41)30(22)45-35(46-33)51-18-36-6-3-7-49(36)14-20(39)11-36/h4-5,10,20H,3,6-9,11,14-18,44H2,1-2H3/t20-,36+/m1/s1. The van der Waals surface area contributed by atoms with E-state index in [1.165, 1.54) is 12.1 Å². The number of hydrogen-bond acceptors (Lipinski definition) is 11. The predicted molar refractivity (Wildman–Crippen MR) is 194 cm³/mol. The first-order valence-electron chi connectivity index (χ1n) is 17.3. The van der Waals surface area contributed by atoms with E-state index in [-0.39, 0.29) is 98.0 Å². The van der Waals surface area contributed by atoms with Gasteiger partial charge in [-0.25, -0.2) is 13.2 Å². The molecule has 53 heavy (non-hydrogen) atoms. The number of amides is 1. The maximum absolute atomic E-state index is 17.2. The number of benzene rings is 2. The van der Waals surface area contributed by atoms with Gasteiger partial charge in [0.25, 0.3) is 5.91 Å². The van der Waals surface area contributed by atoms with Gasteiger partial charge in [0.2, 0.25) is 0 Å². The summed E-state index contributed by atoms with van der Waals surface area (Å²) in [6.07, 6.45) is 0.980. The Morgan fingerprint density at radius 3 is 2.74 bits per heavy atom. The molecule has 11 nitrogen and oxygen atoms in total. The Morgan fingerprint density at radius 1 is 1.21 bits per heavy atom. The molecule has 4 saturated heterocycles. The number of allylic oxidation sites excluding steroid dienone is 1. The summed E-state index contributed by atoms with van der Waals surface area (Å²) in [7, 11) is 0. The van der Waals surface area contributed by atoms with Crippen LogP contribution >= 0.6 is 22.9 Å². The van der Waals surface area contributed by atoms with E-state index >= 15 is 4.39 Å². The molecule has 1 spiro atoms. The van der Waals surface area contributed by atoms with Gasteiger partial charge >= 0.3 is 6.01 Å². The van der Waals surface area contributed by atoms with E-state index in [4.69, 9.17) is 31.8 Å². The lowest BCUT2D eigenvalue weighted by Crippen LogP contribution is -2.71. The Balaban J connectivity index is 1.22. The maximum Gasteiger partial charge on any atom is 0.319 e. The van der Waals surface area contributed by atoms with E-state index in [9.17, 15) is 24.1 Å². The van der Waals surface area contributed by atoms with Crippen molar-refractivity contribution in [1.29, 1.82) is 10.5 Å². The van der Waals surface area contributed by atoms with Crippen LogP contribution in [0, 0.1) is 34.3 Å². The number of halogens is 4. The number of nitrogen functional groups attached to an aromatic ring is 1. The van der Waals surface area contributed by atoms with Crippen molar-refractivity contribution in [3.63, 3.8) is 0 Å². The molecule has 2 aromatic heterocycles. The van der Waals surface area contributed by atoms with Crippen LogP contribution in [0.1, 0.15) is 38.7 Å². The second kappa shape index (κ2) is 13.0. The van der Waals surface area contributed by atoms with Gasteiger partial charge in [0, 0.05) is 35.8 Å². The summed E-state index contributed by atoms with van der Waals surface area (Å²) in [4.78, 5) is 28.0. The van der Waals surface area contributed by atoms with Gasteiger partial charge in [-0.2, -0.15) is 20.5 Å². The first-order valence-corrected chi connectivity index (χ1v) is 18.5. The zero-order valence-electron chi connectivity index (χ0n) is 28.9. The van der Waals surface area contributed by atoms with Crippen LogP contribution in [-0.2, 0) is 9.53 Å². The zero-order valence-corrected chi connectivity index (χ0v) is 30.5. The van der Waals surface area contributed by atoms with Crippen LogP contribution in [0.15, 0.2) is 29.3 Å². The lowest BCUT2D eigenvalue weighted by Gasteiger charge is -2.54. The first kappa shape index (κ1) is 35.4. The van der Waals surface area contributed by atoms with Crippen molar-refractivity contribution in [1.82, 2.24) is 19.8 Å². The molecule has 274 valence electrons. The van der Waals surface area contributed by atoms with Gasteiger partial charge in [-0.05, 0) is 50.9 Å². The van der Waals surface area contributed by atoms with Crippen LogP contribution in [0.2, 0.25) is 5.02 Å². The number of nitriles is 2. The number of nitrogens with zero attached hydrogens (tertiary/aromatic N) is 7. The minimum Gasteiger partial charge on any atom is -0.461 e. The normalized spacial score (nSPS) is 22.2. The summed E-state index contributed by atoms with van der Waals surface area (Å²) in [5.41, 5.74) is 5.48. The van der Waals surface area contributed by atoms with Crippen LogP contribution < -0.4 is 15.4 Å². The fourth-order valence-corrected chi connectivity index (χ4v) is 9.65. The number of likely N-dealkylation sites (tertiary alicyclic amines) is 1. The highest BCUT2D eigenvalue weighted by Gasteiger charge is 2.51. The number of alkyl halides is 1. The van der Waals surface area contributed by atoms with Crippen molar-refractivity contribution in [3.05, 3.63) is 51.6 Å². The third-order valence-electron chi connectivity index (χ3n) is 10.9. The topological polar surface area (TPSA) is 145 Å². The third kappa shape index (κ3) is 5.73. The predicted octanol–water partition coefficient (Wildman–Crippen LogP) is 6.13. The molecule has 6 heterocycles. The molecule has 8 rings (SSSR count). The van der Waals surface area contributed by atoms with E-state index in [0.717, 1.165) is 30.7 Å². The second-order valence-corrected chi connectivity index (χ2v) is 15.9. The lowest BCUT2D eigenvalue weighted by atomic mass is 9.90. The summed E-state index contributed by atoms with van der Waals surface area (Å²) >= 11 is 7.78. The number of hydrogen-bond donors (Lipinski definition) is 1. The minimum atomic E-state index is -0.981. The largest absolute Gasteiger partial charge is 0.461 e. The molecule has 4 aliphatic heterocycles. The summed E-state index contributed by atoms with van der Waals surface area (Å²) in [5.74, 6) is -1.48. The number of fused-ring (bicyclic) bond motifs is 3. The molecule has 1 amide bonds. The number of morpholine rings is 1. The van der Waals surface area contributed by atoms with E-state index in [1.54, 1.807) is 24.8 Å². The summed E-state index contributed by atoms with van der Waals surface area (Å²) in [6, 6.07) is 7.98. The highest BCUT2D eigenvalue weighted by atomic mass is 35.5. The third-order valence-corrected chi connectivity index (χ3v) is 12.2. The summed E-state index contributed by atoms with van der Waals surface area (Å²) in [6.45, 7) is 5.99. The Bertz CT molecular complexity index is 2330. The Morgan fingerprint density at radius 2 is 2.00 bits per heavy atom. The average molecular weight is 763 g/mol. The lowest BCUT2D eigenvalue weighted by molar-refractivity contribution is -0.167. The molecular formula is C37H34ClF3N8O3S. The van der Waals surface area contributed by atoms with E-state index in [2.05, 4.69) is 9.88 Å². The van der Waals surface area contributed by atoms with Crippen LogP contribution in [0.5, 0.6) is 6.01 Å². The molecule has 4 aromatic rings. The maximum atomic E-state index is 17.2. The number of carbonyl (C=O) groups excluding carboxylic acids is 1. The van der Waals surface area contributed by atoms with Crippen molar-refractivity contribution in [3.8, 4) is 29.3 Å². The summed E-state index contributed by atoms with van der Waals surface area (Å²) < 4.78 is 59.3. The molecule has 2 atom stereocenters. The van der Waals surface area contributed by atoms with Crippen molar-refractivity contribution in [2.45, 2.75) is 50.4 Å².